The quantitative estimate of drug-likeness (QED) is 0.764. The molecule has 0 aliphatic heterocycles. The highest BCUT2D eigenvalue weighted by Crippen LogP contribution is 2.24. The van der Waals surface area contributed by atoms with Gasteiger partial charge in [-0.25, -0.2) is 4.68 Å². The van der Waals surface area contributed by atoms with Gasteiger partial charge in [0, 0.05) is 0 Å². The van der Waals surface area contributed by atoms with E-state index in [0.717, 1.165) is 23.1 Å². The average Bonchev–Trinajstić information content (AvgIpc) is 2.94. The minimum absolute atomic E-state index is 0.535. The lowest BCUT2D eigenvalue weighted by molar-refractivity contribution is 0.611. The summed E-state index contributed by atoms with van der Waals surface area (Å²) in [5, 5.41) is 12.8. The van der Waals surface area contributed by atoms with Crippen LogP contribution in [-0.2, 0) is 13.0 Å². The first kappa shape index (κ1) is 12.7. The molecule has 2 aromatic heterocycles. The Morgan fingerprint density at radius 2 is 2.00 bits per heavy atom. The molecular weight excluding hydrogens is 250 g/mol. The SMILES string of the molecule is CC(C)Cc1nn(Cc2ccccc2)c2n[nH]c(N)c12. The molecular formula is C15H19N5. The number of rotatable bonds is 4. The zero-order valence-corrected chi connectivity index (χ0v) is 11.8. The standard InChI is InChI=1S/C15H19N5/c1-10(2)8-12-13-14(16)17-18-15(13)20(19-12)9-11-6-4-3-5-7-11/h3-7,10H,8-9H2,1-2H3,(H3,16,17,18). The Kier molecular flexibility index (Phi) is 3.18. The fraction of sp³-hybridized carbons (Fsp3) is 0.333. The van der Waals surface area contributed by atoms with Gasteiger partial charge in [0.1, 0.15) is 5.82 Å². The summed E-state index contributed by atoms with van der Waals surface area (Å²) in [5.74, 6) is 1.14. The van der Waals surface area contributed by atoms with Gasteiger partial charge in [0.05, 0.1) is 17.6 Å². The van der Waals surface area contributed by atoms with Crippen molar-refractivity contribution in [2.75, 3.05) is 5.73 Å². The van der Waals surface area contributed by atoms with E-state index in [4.69, 9.17) is 10.8 Å². The van der Waals surface area contributed by atoms with Crippen LogP contribution in [0.15, 0.2) is 30.3 Å². The first-order chi connectivity index (χ1) is 9.65. The number of H-pyrrole nitrogens is 1. The van der Waals surface area contributed by atoms with Crippen LogP contribution in [0, 0.1) is 5.92 Å². The molecule has 3 N–H and O–H groups in total. The van der Waals surface area contributed by atoms with E-state index < -0.39 is 0 Å². The van der Waals surface area contributed by atoms with E-state index in [1.54, 1.807) is 0 Å². The Morgan fingerprint density at radius 3 is 2.70 bits per heavy atom. The van der Waals surface area contributed by atoms with Gasteiger partial charge in [-0.2, -0.15) is 10.2 Å². The number of nitrogens with one attached hydrogen (secondary N) is 1. The summed E-state index contributed by atoms with van der Waals surface area (Å²) in [6.45, 7) is 5.07. The number of aromatic nitrogens is 4. The number of nitrogens with two attached hydrogens (primary N) is 1. The van der Waals surface area contributed by atoms with E-state index in [0.29, 0.717) is 18.3 Å². The molecule has 0 radical (unpaired) electrons. The molecule has 0 atom stereocenters. The first-order valence-corrected chi connectivity index (χ1v) is 6.88. The number of aromatic amines is 1. The van der Waals surface area contributed by atoms with E-state index in [9.17, 15) is 0 Å². The maximum absolute atomic E-state index is 5.99. The summed E-state index contributed by atoms with van der Waals surface area (Å²) in [6.07, 6.45) is 0.905. The highest BCUT2D eigenvalue weighted by atomic mass is 15.3. The van der Waals surface area contributed by atoms with Crippen molar-refractivity contribution in [3.63, 3.8) is 0 Å². The van der Waals surface area contributed by atoms with Crippen molar-refractivity contribution in [2.24, 2.45) is 5.92 Å². The van der Waals surface area contributed by atoms with Gasteiger partial charge in [-0.3, -0.25) is 5.10 Å². The van der Waals surface area contributed by atoms with Crippen LogP contribution in [0.3, 0.4) is 0 Å². The molecule has 0 aliphatic rings. The lowest BCUT2D eigenvalue weighted by Gasteiger charge is -2.03. The molecule has 0 unspecified atom stereocenters. The second-order valence-corrected chi connectivity index (χ2v) is 5.52. The Morgan fingerprint density at radius 1 is 1.25 bits per heavy atom. The van der Waals surface area contributed by atoms with Gasteiger partial charge in [0.15, 0.2) is 5.65 Å². The van der Waals surface area contributed by atoms with Crippen LogP contribution >= 0.6 is 0 Å². The Labute approximate surface area is 117 Å². The second-order valence-electron chi connectivity index (χ2n) is 5.52. The summed E-state index contributed by atoms with van der Waals surface area (Å²) in [6, 6.07) is 10.3. The number of nitrogens with zero attached hydrogens (tertiary/aromatic N) is 3. The molecule has 0 saturated carbocycles. The third kappa shape index (κ3) is 2.27. The molecule has 0 saturated heterocycles. The smallest absolute Gasteiger partial charge is 0.182 e. The normalized spacial score (nSPS) is 11.6. The van der Waals surface area contributed by atoms with E-state index >= 15 is 0 Å². The van der Waals surface area contributed by atoms with E-state index in [1.807, 2.05) is 22.9 Å². The molecule has 3 aromatic rings. The summed E-state index contributed by atoms with van der Waals surface area (Å²) in [5.41, 5.74) is 9.05. The van der Waals surface area contributed by atoms with Crippen LogP contribution in [0.5, 0.6) is 0 Å². The Hall–Kier alpha value is -2.30. The fourth-order valence-corrected chi connectivity index (χ4v) is 2.46. The monoisotopic (exact) mass is 269 g/mol. The lowest BCUT2D eigenvalue weighted by atomic mass is 10.1. The van der Waals surface area contributed by atoms with Gasteiger partial charge in [-0.05, 0) is 17.9 Å². The van der Waals surface area contributed by atoms with Crippen molar-refractivity contribution in [1.82, 2.24) is 20.0 Å². The predicted octanol–water partition coefficient (Wildman–Crippen LogP) is 2.59. The van der Waals surface area contributed by atoms with Gasteiger partial charge < -0.3 is 5.73 Å². The van der Waals surface area contributed by atoms with Crippen LogP contribution in [0.2, 0.25) is 0 Å². The highest BCUT2D eigenvalue weighted by molar-refractivity contribution is 5.89. The number of nitrogen functional groups attached to an aromatic ring is 1. The molecule has 20 heavy (non-hydrogen) atoms. The van der Waals surface area contributed by atoms with E-state index in [1.165, 1.54) is 5.56 Å². The van der Waals surface area contributed by atoms with Crippen LogP contribution < -0.4 is 5.73 Å². The maximum atomic E-state index is 5.99. The molecule has 104 valence electrons. The van der Waals surface area contributed by atoms with Crippen molar-refractivity contribution in [1.29, 1.82) is 0 Å². The average molecular weight is 269 g/mol. The predicted molar refractivity (Wildman–Crippen MR) is 80.4 cm³/mol. The zero-order chi connectivity index (χ0) is 14.1. The molecule has 5 nitrogen and oxygen atoms in total. The molecule has 3 rings (SSSR count). The van der Waals surface area contributed by atoms with Gasteiger partial charge in [-0.1, -0.05) is 44.2 Å². The zero-order valence-electron chi connectivity index (χ0n) is 11.8. The van der Waals surface area contributed by atoms with Crippen molar-refractivity contribution < 1.29 is 0 Å². The number of benzene rings is 1. The molecule has 0 fully saturated rings. The summed E-state index contributed by atoms with van der Waals surface area (Å²) < 4.78 is 1.93. The molecule has 1 aromatic carbocycles. The molecule has 0 aliphatic carbocycles. The fourth-order valence-electron chi connectivity index (χ4n) is 2.46. The van der Waals surface area contributed by atoms with Gasteiger partial charge in [0.25, 0.3) is 0 Å². The van der Waals surface area contributed by atoms with E-state index in [-0.39, 0.29) is 0 Å². The van der Waals surface area contributed by atoms with Crippen molar-refractivity contribution in [2.45, 2.75) is 26.8 Å². The van der Waals surface area contributed by atoms with Crippen LogP contribution in [-0.4, -0.2) is 20.0 Å². The first-order valence-electron chi connectivity index (χ1n) is 6.88. The second kappa shape index (κ2) is 5.00. The maximum Gasteiger partial charge on any atom is 0.182 e. The molecule has 0 amide bonds. The summed E-state index contributed by atoms with van der Waals surface area (Å²) in [7, 11) is 0. The van der Waals surface area contributed by atoms with Gasteiger partial charge >= 0.3 is 0 Å². The highest BCUT2D eigenvalue weighted by Gasteiger charge is 2.17. The molecule has 0 bridgehead atoms. The number of fused-ring (bicyclic) bond motifs is 1. The van der Waals surface area contributed by atoms with E-state index in [2.05, 4.69) is 36.2 Å². The van der Waals surface area contributed by atoms with Crippen molar-refractivity contribution in [3.05, 3.63) is 41.6 Å². The molecule has 5 heteroatoms. The van der Waals surface area contributed by atoms with Crippen molar-refractivity contribution in [3.8, 4) is 0 Å². The van der Waals surface area contributed by atoms with Crippen LogP contribution in [0.4, 0.5) is 5.82 Å². The number of hydrogen-bond acceptors (Lipinski definition) is 3. The van der Waals surface area contributed by atoms with Gasteiger partial charge in [0.2, 0.25) is 0 Å². The third-order valence-electron chi connectivity index (χ3n) is 3.33. The topological polar surface area (TPSA) is 72.5 Å². The minimum Gasteiger partial charge on any atom is -0.383 e. The summed E-state index contributed by atoms with van der Waals surface area (Å²) in [4.78, 5) is 0. The minimum atomic E-state index is 0.535. The molecule has 2 heterocycles. The van der Waals surface area contributed by atoms with Crippen molar-refractivity contribution >= 4 is 16.9 Å². The largest absolute Gasteiger partial charge is 0.383 e. The van der Waals surface area contributed by atoms with Gasteiger partial charge in [-0.15, -0.1) is 0 Å². The Bertz CT molecular complexity index is 709. The lowest BCUT2D eigenvalue weighted by Crippen LogP contribution is -2.04. The number of hydrogen-bond donors (Lipinski definition) is 2. The third-order valence-corrected chi connectivity index (χ3v) is 3.33. The van der Waals surface area contributed by atoms with Crippen LogP contribution in [0.25, 0.3) is 11.0 Å². The summed E-state index contributed by atoms with van der Waals surface area (Å²) >= 11 is 0. The Balaban J connectivity index is 2.03. The molecule has 0 spiro atoms. The number of anilines is 1. The van der Waals surface area contributed by atoms with Crippen LogP contribution in [0.1, 0.15) is 25.1 Å².